The predicted octanol–water partition coefficient (Wildman–Crippen LogP) is 9.46. The van der Waals surface area contributed by atoms with E-state index in [9.17, 15) is 0 Å². The van der Waals surface area contributed by atoms with Crippen molar-refractivity contribution >= 4 is 54.1 Å². The molecule has 0 bridgehead atoms. The Labute approximate surface area is 221 Å². The normalized spacial score (nSPS) is 11.9. The number of benzene rings is 6. The highest BCUT2D eigenvalue weighted by Crippen LogP contribution is 2.46. The fourth-order valence-corrected chi connectivity index (χ4v) is 6.47. The second-order valence-electron chi connectivity index (χ2n) is 10.3. The third-order valence-electron chi connectivity index (χ3n) is 8.31. The molecule has 0 aliphatic heterocycles. The lowest BCUT2D eigenvalue weighted by Crippen LogP contribution is -1.98. The summed E-state index contributed by atoms with van der Waals surface area (Å²) in [5, 5.41) is 10.2. The van der Waals surface area contributed by atoms with E-state index in [1.807, 2.05) is 0 Å². The van der Waals surface area contributed by atoms with Crippen molar-refractivity contribution in [1.82, 2.24) is 9.13 Å². The first-order valence-electron chi connectivity index (χ1n) is 13.2. The Morgan fingerprint density at radius 1 is 0.368 bits per heavy atom. The van der Waals surface area contributed by atoms with Gasteiger partial charge in [-0.1, -0.05) is 84.9 Å². The molecule has 2 heteroatoms. The van der Waals surface area contributed by atoms with Crippen LogP contribution in [0.1, 0.15) is 0 Å². The van der Waals surface area contributed by atoms with Gasteiger partial charge in [-0.15, -0.1) is 0 Å². The molecule has 0 aliphatic rings. The summed E-state index contributed by atoms with van der Waals surface area (Å²) in [4.78, 5) is 0. The van der Waals surface area contributed by atoms with Crippen molar-refractivity contribution in [1.29, 1.82) is 0 Å². The number of para-hydroxylation sites is 2. The standard InChI is InChI=1S/C36H26N2/c1-37-31-17-9-5-13-25(31)21-33(37)35-27-15-7-8-16-28(27)36(34-22-26-14-6-10-18-32(26)38(34)2)30-20-24-12-4-3-11-23(24)19-29(30)35/h3-22H,1-2H3. The summed E-state index contributed by atoms with van der Waals surface area (Å²) in [6.45, 7) is 0. The highest BCUT2D eigenvalue weighted by atomic mass is 15.0. The molecule has 0 saturated heterocycles. The van der Waals surface area contributed by atoms with Crippen LogP contribution in [-0.2, 0) is 14.1 Å². The Morgan fingerprint density at radius 3 is 1.16 bits per heavy atom. The second kappa shape index (κ2) is 7.84. The van der Waals surface area contributed by atoms with Crippen molar-refractivity contribution in [3.8, 4) is 22.5 Å². The van der Waals surface area contributed by atoms with Gasteiger partial charge in [0.15, 0.2) is 0 Å². The van der Waals surface area contributed by atoms with Gasteiger partial charge in [0.25, 0.3) is 0 Å². The number of fused-ring (bicyclic) bond motifs is 5. The van der Waals surface area contributed by atoms with Crippen LogP contribution in [0.4, 0.5) is 0 Å². The Hall–Kier alpha value is -4.82. The number of hydrogen-bond acceptors (Lipinski definition) is 0. The number of rotatable bonds is 2. The summed E-state index contributed by atoms with van der Waals surface area (Å²) in [6, 6.07) is 44.5. The molecule has 0 N–H and O–H groups in total. The van der Waals surface area contributed by atoms with E-state index in [4.69, 9.17) is 0 Å². The first-order chi connectivity index (χ1) is 18.7. The first kappa shape index (κ1) is 21.3. The van der Waals surface area contributed by atoms with Crippen LogP contribution in [0.25, 0.3) is 76.6 Å². The Bertz CT molecular complexity index is 2050. The smallest absolute Gasteiger partial charge is 0.0501 e. The van der Waals surface area contributed by atoms with Crippen LogP contribution in [0, 0.1) is 0 Å². The van der Waals surface area contributed by atoms with Crippen LogP contribution >= 0.6 is 0 Å². The number of hydrogen-bond donors (Lipinski definition) is 0. The molecule has 0 spiro atoms. The lowest BCUT2D eigenvalue weighted by Gasteiger charge is -2.19. The highest BCUT2D eigenvalue weighted by Gasteiger charge is 2.21. The molecule has 2 heterocycles. The van der Waals surface area contributed by atoms with Gasteiger partial charge in [0.2, 0.25) is 0 Å². The van der Waals surface area contributed by atoms with E-state index < -0.39 is 0 Å². The van der Waals surface area contributed by atoms with E-state index in [0.717, 1.165) is 0 Å². The van der Waals surface area contributed by atoms with Crippen LogP contribution in [0.3, 0.4) is 0 Å². The third kappa shape index (κ3) is 2.89. The lowest BCUT2D eigenvalue weighted by atomic mass is 9.87. The Morgan fingerprint density at radius 2 is 0.737 bits per heavy atom. The minimum atomic E-state index is 1.24. The van der Waals surface area contributed by atoms with Gasteiger partial charge < -0.3 is 9.13 Å². The zero-order valence-corrected chi connectivity index (χ0v) is 21.4. The summed E-state index contributed by atoms with van der Waals surface area (Å²) >= 11 is 0. The third-order valence-corrected chi connectivity index (χ3v) is 8.31. The maximum atomic E-state index is 2.40. The summed E-state index contributed by atoms with van der Waals surface area (Å²) in [5.74, 6) is 0. The van der Waals surface area contributed by atoms with Crippen molar-refractivity contribution in [2.45, 2.75) is 0 Å². The molecule has 38 heavy (non-hydrogen) atoms. The van der Waals surface area contributed by atoms with Crippen LogP contribution in [0.15, 0.2) is 121 Å². The van der Waals surface area contributed by atoms with Crippen LogP contribution in [0.2, 0.25) is 0 Å². The van der Waals surface area contributed by atoms with Gasteiger partial charge >= 0.3 is 0 Å². The van der Waals surface area contributed by atoms with E-state index in [1.165, 1.54) is 76.6 Å². The molecular weight excluding hydrogens is 460 g/mol. The van der Waals surface area contributed by atoms with Crippen molar-refractivity contribution in [3.05, 3.63) is 121 Å². The zero-order valence-electron chi connectivity index (χ0n) is 21.4. The monoisotopic (exact) mass is 486 g/mol. The topological polar surface area (TPSA) is 9.86 Å². The zero-order chi connectivity index (χ0) is 25.4. The lowest BCUT2D eigenvalue weighted by molar-refractivity contribution is 0.979. The average molecular weight is 487 g/mol. The Kier molecular flexibility index (Phi) is 4.39. The van der Waals surface area contributed by atoms with Gasteiger partial charge in [0, 0.05) is 47.0 Å². The summed E-state index contributed by atoms with van der Waals surface area (Å²) in [5.41, 5.74) is 7.57. The summed E-state index contributed by atoms with van der Waals surface area (Å²) < 4.78 is 4.70. The molecule has 180 valence electrons. The van der Waals surface area contributed by atoms with Crippen LogP contribution in [0.5, 0.6) is 0 Å². The summed E-state index contributed by atoms with van der Waals surface area (Å²) in [7, 11) is 4.38. The maximum absolute atomic E-state index is 2.40. The molecule has 0 fully saturated rings. The maximum Gasteiger partial charge on any atom is 0.0501 e. The van der Waals surface area contributed by atoms with Gasteiger partial charge in [0.05, 0.1) is 11.4 Å². The van der Waals surface area contributed by atoms with E-state index in [2.05, 4.69) is 145 Å². The molecular formula is C36H26N2. The summed E-state index contributed by atoms with van der Waals surface area (Å²) in [6.07, 6.45) is 0. The fourth-order valence-electron chi connectivity index (χ4n) is 6.47. The highest BCUT2D eigenvalue weighted by molar-refractivity contribution is 6.24. The van der Waals surface area contributed by atoms with Gasteiger partial charge in [0.1, 0.15) is 0 Å². The molecule has 2 nitrogen and oxygen atoms in total. The molecule has 2 aromatic heterocycles. The largest absolute Gasteiger partial charge is 0.344 e. The van der Waals surface area contributed by atoms with E-state index in [-0.39, 0.29) is 0 Å². The number of nitrogens with zero attached hydrogens (tertiary/aromatic N) is 2. The average Bonchev–Trinajstić information content (AvgIpc) is 3.47. The SMILES string of the molecule is Cn1c(-c2c3ccccc3c(-c3cc4ccccc4n3C)c3cc4ccccc4cc23)cc2ccccc21. The van der Waals surface area contributed by atoms with Gasteiger partial charge in [-0.25, -0.2) is 0 Å². The molecule has 0 atom stereocenters. The quantitative estimate of drug-likeness (QED) is 0.215. The van der Waals surface area contributed by atoms with Gasteiger partial charge in [-0.2, -0.15) is 0 Å². The molecule has 6 aromatic carbocycles. The van der Waals surface area contributed by atoms with E-state index in [1.54, 1.807) is 0 Å². The molecule has 0 saturated carbocycles. The number of aromatic nitrogens is 2. The van der Waals surface area contributed by atoms with Gasteiger partial charge in [-0.05, 0) is 68.7 Å². The van der Waals surface area contributed by atoms with Crippen molar-refractivity contribution in [3.63, 3.8) is 0 Å². The molecule has 0 unspecified atom stereocenters. The van der Waals surface area contributed by atoms with E-state index >= 15 is 0 Å². The molecule has 8 aromatic rings. The van der Waals surface area contributed by atoms with Crippen molar-refractivity contribution in [2.24, 2.45) is 14.1 Å². The van der Waals surface area contributed by atoms with E-state index in [0.29, 0.717) is 0 Å². The van der Waals surface area contributed by atoms with Gasteiger partial charge in [-0.3, -0.25) is 0 Å². The Balaban J connectivity index is 1.62. The minimum Gasteiger partial charge on any atom is -0.344 e. The fraction of sp³-hybridized carbons (Fsp3) is 0.0556. The second-order valence-corrected chi connectivity index (χ2v) is 10.3. The van der Waals surface area contributed by atoms with Crippen molar-refractivity contribution < 1.29 is 0 Å². The number of aryl methyl sites for hydroxylation is 2. The predicted molar refractivity (Wildman–Crippen MR) is 163 cm³/mol. The molecule has 0 amide bonds. The molecule has 8 rings (SSSR count). The molecule has 0 aliphatic carbocycles. The first-order valence-corrected chi connectivity index (χ1v) is 13.2. The van der Waals surface area contributed by atoms with Crippen LogP contribution in [-0.4, -0.2) is 9.13 Å². The molecule has 0 radical (unpaired) electrons. The van der Waals surface area contributed by atoms with Crippen molar-refractivity contribution in [2.75, 3.05) is 0 Å². The minimum absolute atomic E-state index is 1.24. The van der Waals surface area contributed by atoms with Crippen LogP contribution < -0.4 is 0 Å².